The van der Waals surface area contributed by atoms with Crippen LogP contribution in [0.4, 0.5) is 0 Å². The van der Waals surface area contributed by atoms with Gasteiger partial charge in [0.05, 0.1) is 18.7 Å². The maximum absolute atomic E-state index is 12.9. The molecule has 1 heterocycles. The topological polar surface area (TPSA) is 79.5 Å². The summed E-state index contributed by atoms with van der Waals surface area (Å²) >= 11 is 0. The van der Waals surface area contributed by atoms with Gasteiger partial charge in [0.15, 0.2) is 0 Å². The van der Waals surface area contributed by atoms with E-state index in [1.807, 2.05) is 39.0 Å². The molecule has 0 saturated carbocycles. The molecule has 5 nitrogen and oxygen atoms in total. The molecule has 0 radical (unpaired) electrons. The number of rotatable bonds is 4. The first-order chi connectivity index (χ1) is 12.4. The minimum atomic E-state index is -0.517. The number of carbonyl (C=O) groups is 2. The van der Waals surface area contributed by atoms with Crippen LogP contribution in [0.3, 0.4) is 0 Å². The van der Waals surface area contributed by atoms with Crippen molar-refractivity contribution < 1.29 is 19.1 Å². The maximum atomic E-state index is 12.9. The molecule has 3 rings (SSSR count). The molecule has 1 aliphatic rings. The molecule has 0 unspecified atom stereocenters. The van der Waals surface area contributed by atoms with Gasteiger partial charge in [-0.15, -0.1) is 0 Å². The second kappa shape index (κ2) is 7.02. The fraction of sp³-hybridized carbons (Fsp3) is 0.333. The van der Waals surface area contributed by atoms with Gasteiger partial charge in [-0.3, -0.25) is 9.59 Å². The number of hydrogen-bond acceptors (Lipinski definition) is 5. The zero-order chi connectivity index (χ0) is 19.0. The second-order valence-electron chi connectivity index (χ2n) is 6.65. The molecule has 0 fully saturated rings. The van der Waals surface area contributed by atoms with Crippen LogP contribution in [0.1, 0.15) is 52.8 Å². The zero-order valence-corrected chi connectivity index (χ0v) is 15.5. The van der Waals surface area contributed by atoms with Gasteiger partial charge in [0.25, 0.3) is 0 Å². The van der Waals surface area contributed by atoms with E-state index >= 15 is 0 Å². The van der Waals surface area contributed by atoms with Gasteiger partial charge in [-0.05, 0) is 44.2 Å². The Balaban J connectivity index is 2.29. The summed E-state index contributed by atoms with van der Waals surface area (Å²) < 4.78 is 5.99. The predicted molar refractivity (Wildman–Crippen MR) is 100 cm³/mol. The SMILES string of the molecule is CC=c1c2c(ccc1=C(C)C)-c1oc(CNCCO)c(C)c1C(=O)C2=O. The summed E-state index contributed by atoms with van der Waals surface area (Å²) in [6, 6.07) is 3.83. The fourth-order valence-electron chi connectivity index (χ4n) is 3.49. The number of aliphatic hydroxyl groups excluding tert-OH is 1. The van der Waals surface area contributed by atoms with Gasteiger partial charge in [0, 0.05) is 23.2 Å². The molecule has 0 bridgehead atoms. The lowest BCUT2D eigenvalue weighted by Crippen LogP contribution is -2.36. The molecule has 136 valence electrons. The minimum absolute atomic E-state index is 0.0189. The number of benzene rings is 1. The molecular formula is C21H23NO4. The van der Waals surface area contributed by atoms with Crippen LogP contribution >= 0.6 is 0 Å². The molecule has 0 aliphatic heterocycles. The molecule has 0 amide bonds. The maximum Gasteiger partial charge on any atom is 0.237 e. The van der Waals surface area contributed by atoms with E-state index in [-0.39, 0.29) is 6.61 Å². The van der Waals surface area contributed by atoms with Crippen molar-refractivity contribution in [1.29, 1.82) is 0 Å². The lowest BCUT2D eigenvalue weighted by molar-refractivity contribution is 0.0813. The van der Waals surface area contributed by atoms with Crippen molar-refractivity contribution in [1.82, 2.24) is 5.32 Å². The van der Waals surface area contributed by atoms with Crippen molar-refractivity contribution in [3.63, 3.8) is 0 Å². The summed E-state index contributed by atoms with van der Waals surface area (Å²) in [5.74, 6) is 0.0757. The Morgan fingerprint density at radius 2 is 1.88 bits per heavy atom. The number of Topliss-reactive ketones (excluding diaryl/α,β-unsaturated/α-hetero) is 2. The van der Waals surface area contributed by atoms with Gasteiger partial charge in [-0.2, -0.15) is 0 Å². The number of ketones is 2. The van der Waals surface area contributed by atoms with Crippen LogP contribution in [0.5, 0.6) is 0 Å². The highest BCUT2D eigenvalue weighted by molar-refractivity contribution is 6.53. The zero-order valence-electron chi connectivity index (χ0n) is 15.5. The Morgan fingerprint density at radius 1 is 1.19 bits per heavy atom. The number of aliphatic hydroxyl groups is 1. The summed E-state index contributed by atoms with van der Waals surface area (Å²) in [6.07, 6.45) is 1.87. The number of nitrogens with one attached hydrogen (secondary N) is 1. The van der Waals surface area contributed by atoms with E-state index in [1.54, 1.807) is 6.92 Å². The summed E-state index contributed by atoms with van der Waals surface area (Å²) in [6.45, 7) is 8.47. The third-order valence-corrected chi connectivity index (χ3v) is 4.80. The average Bonchev–Trinajstić information content (AvgIpc) is 2.95. The van der Waals surface area contributed by atoms with Gasteiger partial charge in [0.1, 0.15) is 11.5 Å². The number of fused-ring (bicyclic) bond motifs is 3. The van der Waals surface area contributed by atoms with E-state index < -0.39 is 11.6 Å². The summed E-state index contributed by atoms with van der Waals surface area (Å²) in [4.78, 5) is 25.7. The highest BCUT2D eigenvalue weighted by Crippen LogP contribution is 2.37. The molecule has 1 aromatic heterocycles. The quantitative estimate of drug-likeness (QED) is 0.646. The van der Waals surface area contributed by atoms with Crippen molar-refractivity contribution in [3.05, 3.63) is 45.0 Å². The van der Waals surface area contributed by atoms with Crippen molar-refractivity contribution in [2.75, 3.05) is 13.2 Å². The highest BCUT2D eigenvalue weighted by Gasteiger charge is 2.36. The molecule has 26 heavy (non-hydrogen) atoms. The molecule has 0 spiro atoms. The van der Waals surface area contributed by atoms with Crippen LogP contribution in [-0.4, -0.2) is 29.8 Å². The van der Waals surface area contributed by atoms with E-state index in [0.29, 0.717) is 46.9 Å². The van der Waals surface area contributed by atoms with Crippen molar-refractivity contribution in [2.24, 2.45) is 0 Å². The fourth-order valence-corrected chi connectivity index (χ4v) is 3.49. The van der Waals surface area contributed by atoms with Crippen molar-refractivity contribution in [3.8, 4) is 11.3 Å². The number of hydrogen-bond donors (Lipinski definition) is 2. The van der Waals surface area contributed by atoms with E-state index in [9.17, 15) is 9.59 Å². The van der Waals surface area contributed by atoms with Crippen LogP contribution in [0.2, 0.25) is 0 Å². The predicted octanol–water partition coefficient (Wildman–Crippen LogP) is 1.71. The van der Waals surface area contributed by atoms with E-state index in [4.69, 9.17) is 9.52 Å². The Bertz CT molecular complexity index is 1020. The molecule has 1 aliphatic carbocycles. The van der Waals surface area contributed by atoms with Crippen LogP contribution in [-0.2, 0) is 6.54 Å². The average molecular weight is 353 g/mol. The third kappa shape index (κ3) is 2.73. The first kappa shape index (κ1) is 18.3. The van der Waals surface area contributed by atoms with Crippen molar-refractivity contribution in [2.45, 2.75) is 34.2 Å². The monoisotopic (exact) mass is 353 g/mol. The van der Waals surface area contributed by atoms with Crippen LogP contribution in [0.25, 0.3) is 23.0 Å². The van der Waals surface area contributed by atoms with Crippen molar-refractivity contribution >= 4 is 23.2 Å². The smallest absolute Gasteiger partial charge is 0.237 e. The van der Waals surface area contributed by atoms with Gasteiger partial charge in [0.2, 0.25) is 11.6 Å². The van der Waals surface area contributed by atoms with Gasteiger partial charge < -0.3 is 14.8 Å². The second-order valence-corrected chi connectivity index (χ2v) is 6.65. The van der Waals surface area contributed by atoms with Crippen LogP contribution < -0.4 is 15.8 Å². The largest absolute Gasteiger partial charge is 0.459 e. The normalized spacial score (nSPS) is 13.8. The molecule has 1 aromatic carbocycles. The van der Waals surface area contributed by atoms with E-state index in [2.05, 4.69) is 5.32 Å². The molecule has 5 heteroatoms. The molecule has 2 aromatic rings. The van der Waals surface area contributed by atoms with E-state index in [0.717, 1.165) is 16.0 Å². The Labute approximate surface area is 152 Å². The lowest BCUT2D eigenvalue weighted by Gasteiger charge is -2.15. The van der Waals surface area contributed by atoms with E-state index in [1.165, 1.54) is 0 Å². The Kier molecular flexibility index (Phi) is 4.94. The Hall–Kier alpha value is -2.50. The van der Waals surface area contributed by atoms with Gasteiger partial charge >= 0.3 is 0 Å². The first-order valence-electron chi connectivity index (χ1n) is 8.72. The molecule has 0 atom stereocenters. The lowest BCUT2D eigenvalue weighted by atomic mass is 9.85. The third-order valence-electron chi connectivity index (χ3n) is 4.80. The number of furan rings is 1. The molecule has 0 saturated heterocycles. The Morgan fingerprint density at radius 3 is 2.50 bits per heavy atom. The first-order valence-corrected chi connectivity index (χ1v) is 8.72. The minimum Gasteiger partial charge on any atom is -0.459 e. The summed E-state index contributed by atoms with van der Waals surface area (Å²) in [7, 11) is 0. The number of carbonyl (C=O) groups excluding carboxylic acids is 2. The van der Waals surface area contributed by atoms with Crippen LogP contribution in [0.15, 0.2) is 16.5 Å². The summed E-state index contributed by atoms with van der Waals surface area (Å²) in [5.41, 5.74) is 3.21. The van der Waals surface area contributed by atoms with Gasteiger partial charge in [-0.1, -0.05) is 17.7 Å². The van der Waals surface area contributed by atoms with Gasteiger partial charge in [-0.25, -0.2) is 0 Å². The molecule has 2 N–H and O–H groups in total. The summed E-state index contributed by atoms with van der Waals surface area (Å²) in [5, 5.41) is 13.7. The van der Waals surface area contributed by atoms with Crippen LogP contribution in [0, 0.1) is 6.92 Å². The highest BCUT2D eigenvalue weighted by atomic mass is 16.3. The molecular weight excluding hydrogens is 330 g/mol. The standard InChI is InChI=1S/C21H23NO4/c1-5-13-14(11(2)3)6-7-15-18(13)20(25)19(24)17-12(4)16(26-21(15)17)10-22-8-9-23/h5-7,22-23H,8-10H2,1-4H3.